The fraction of sp³-hybridized carbons (Fsp3) is 0.267. The van der Waals surface area contributed by atoms with Crippen LogP contribution in [0.15, 0.2) is 53.5 Å². The summed E-state index contributed by atoms with van der Waals surface area (Å²) in [6.07, 6.45) is 1.81. The Bertz CT molecular complexity index is 576. The lowest BCUT2D eigenvalue weighted by Crippen LogP contribution is -2.21. The lowest BCUT2D eigenvalue weighted by molar-refractivity contribution is 0.585. The van der Waals surface area contributed by atoms with Gasteiger partial charge in [0.2, 0.25) is 0 Å². The smallest absolute Gasteiger partial charge is 0.255 e. The third kappa shape index (κ3) is 2.31. The highest BCUT2D eigenvalue weighted by molar-refractivity contribution is 5.45. The van der Waals surface area contributed by atoms with E-state index in [1.54, 1.807) is 16.7 Å². The minimum atomic E-state index is 0.00389. The topological polar surface area (TPSA) is 22.0 Å². The van der Waals surface area contributed by atoms with Gasteiger partial charge in [-0.15, -0.1) is 0 Å². The standard InChI is InChI=1S/C15H17NO/c1-15(2,3)12-8-4-5-9-13(12)16-11-7-6-10-14(16)17/h4-11H,1-3H3. The molecule has 17 heavy (non-hydrogen) atoms. The van der Waals surface area contributed by atoms with Crippen molar-refractivity contribution in [3.05, 3.63) is 64.6 Å². The Labute approximate surface area is 102 Å². The Balaban J connectivity index is 2.69. The molecule has 0 saturated carbocycles. The van der Waals surface area contributed by atoms with Gasteiger partial charge in [-0.1, -0.05) is 45.0 Å². The molecule has 0 saturated heterocycles. The first kappa shape index (κ1) is 11.6. The summed E-state index contributed by atoms with van der Waals surface area (Å²) in [4.78, 5) is 11.9. The minimum Gasteiger partial charge on any atom is -0.284 e. The van der Waals surface area contributed by atoms with Gasteiger partial charge in [0.15, 0.2) is 0 Å². The molecule has 0 aliphatic rings. The molecule has 1 aromatic carbocycles. The molecule has 0 bridgehead atoms. The lowest BCUT2D eigenvalue weighted by Gasteiger charge is -2.23. The molecule has 0 fully saturated rings. The zero-order valence-corrected chi connectivity index (χ0v) is 10.5. The summed E-state index contributed by atoms with van der Waals surface area (Å²) in [7, 11) is 0. The van der Waals surface area contributed by atoms with Gasteiger partial charge in [-0.05, 0) is 23.1 Å². The van der Waals surface area contributed by atoms with Crippen LogP contribution in [0.25, 0.3) is 5.69 Å². The minimum absolute atomic E-state index is 0.00389. The van der Waals surface area contributed by atoms with E-state index >= 15 is 0 Å². The van der Waals surface area contributed by atoms with Crippen molar-refractivity contribution in [3.63, 3.8) is 0 Å². The number of pyridine rings is 1. The second-order valence-corrected chi connectivity index (χ2v) is 5.18. The molecular formula is C15H17NO. The average molecular weight is 227 g/mol. The number of rotatable bonds is 1. The summed E-state index contributed by atoms with van der Waals surface area (Å²) in [6.45, 7) is 6.46. The number of nitrogens with zero attached hydrogens (tertiary/aromatic N) is 1. The van der Waals surface area contributed by atoms with Crippen molar-refractivity contribution in [1.82, 2.24) is 4.57 Å². The highest BCUT2D eigenvalue weighted by Gasteiger charge is 2.18. The fourth-order valence-electron chi connectivity index (χ4n) is 1.94. The molecule has 0 atom stereocenters. The first-order valence-corrected chi connectivity index (χ1v) is 5.78. The molecular weight excluding hydrogens is 210 g/mol. The predicted octanol–water partition coefficient (Wildman–Crippen LogP) is 3.14. The zero-order valence-electron chi connectivity index (χ0n) is 10.5. The van der Waals surface area contributed by atoms with Gasteiger partial charge in [0.05, 0.1) is 5.69 Å². The van der Waals surface area contributed by atoms with Crippen LogP contribution in [0.5, 0.6) is 0 Å². The predicted molar refractivity (Wildman–Crippen MR) is 70.7 cm³/mol. The highest BCUT2D eigenvalue weighted by atomic mass is 16.1. The van der Waals surface area contributed by atoms with Crippen molar-refractivity contribution in [2.75, 3.05) is 0 Å². The largest absolute Gasteiger partial charge is 0.284 e. The van der Waals surface area contributed by atoms with E-state index < -0.39 is 0 Å². The van der Waals surface area contributed by atoms with Crippen molar-refractivity contribution >= 4 is 0 Å². The maximum Gasteiger partial charge on any atom is 0.255 e. The molecule has 0 unspecified atom stereocenters. The van der Waals surface area contributed by atoms with E-state index in [-0.39, 0.29) is 11.0 Å². The first-order valence-electron chi connectivity index (χ1n) is 5.78. The zero-order chi connectivity index (χ0) is 12.5. The monoisotopic (exact) mass is 227 g/mol. The van der Waals surface area contributed by atoms with E-state index in [1.165, 1.54) is 5.56 Å². The third-order valence-corrected chi connectivity index (χ3v) is 2.79. The molecule has 0 aliphatic carbocycles. The summed E-state index contributed by atoms with van der Waals surface area (Å²) in [5, 5.41) is 0. The van der Waals surface area contributed by atoms with Gasteiger partial charge in [0.1, 0.15) is 0 Å². The molecule has 1 aromatic heterocycles. The maximum atomic E-state index is 11.9. The van der Waals surface area contributed by atoms with Crippen molar-refractivity contribution < 1.29 is 0 Å². The molecule has 0 N–H and O–H groups in total. The second-order valence-electron chi connectivity index (χ2n) is 5.18. The van der Waals surface area contributed by atoms with Gasteiger partial charge in [0.25, 0.3) is 5.56 Å². The number of benzene rings is 1. The quantitative estimate of drug-likeness (QED) is 0.733. The highest BCUT2D eigenvalue weighted by Crippen LogP contribution is 2.27. The number of para-hydroxylation sites is 1. The molecule has 1 heterocycles. The third-order valence-electron chi connectivity index (χ3n) is 2.79. The van der Waals surface area contributed by atoms with Crippen LogP contribution in [-0.4, -0.2) is 4.57 Å². The van der Waals surface area contributed by atoms with Crippen molar-refractivity contribution in [3.8, 4) is 5.69 Å². The Hall–Kier alpha value is -1.83. The van der Waals surface area contributed by atoms with E-state index in [0.717, 1.165) is 5.69 Å². The molecule has 0 spiro atoms. The number of aromatic nitrogens is 1. The van der Waals surface area contributed by atoms with Crippen LogP contribution in [0, 0.1) is 0 Å². The van der Waals surface area contributed by atoms with E-state index in [9.17, 15) is 4.79 Å². The number of hydrogen-bond donors (Lipinski definition) is 0. The summed E-state index contributed by atoms with van der Waals surface area (Å²) in [5.74, 6) is 0. The Kier molecular flexibility index (Phi) is 2.88. The van der Waals surface area contributed by atoms with E-state index in [2.05, 4.69) is 26.8 Å². The van der Waals surface area contributed by atoms with Crippen molar-refractivity contribution in [2.45, 2.75) is 26.2 Å². The second kappa shape index (κ2) is 4.21. The number of hydrogen-bond acceptors (Lipinski definition) is 1. The Morgan fingerprint density at radius 1 is 0.941 bits per heavy atom. The first-order chi connectivity index (χ1) is 8.00. The van der Waals surface area contributed by atoms with Crippen LogP contribution >= 0.6 is 0 Å². The van der Waals surface area contributed by atoms with Crippen LogP contribution < -0.4 is 5.56 Å². The normalized spacial score (nSPS) is 11.5. The van der Waals surface area contributed by atoms with Crippen LogP contribution in [0.3, 0.4) is 0 Å². The van der Waals surface area contributed by atoms with Gasteiger partial charge < -0.3 is 0 Å². The van der Waals surface area contributed by atoms with Crippen molar-refractivity contribution in [1.29, 1.82) is 0 Å². The van der Waals surface area contributed by atoms with Gasteiger partial charge in [-0.2, -0.15) is 0 Å². The molecule has 0 aliphatic heterocycles. The average Bonchev–Trinajstić information content (AvgIpc) is 2.28. The maximum absolute atomic E-state index is 11.9. The van der Waals surface area contributed by atoms with Crippen LogP contribution in [0.1, 0.15) is 26.3 Å². The van der Waals surface area contributed by atoms with Crippen LogP contribution in [0.2, 0.25) is 0 Å². The fourth-order valence-corrected chi connectivity index (χ4v) is 1.94. The van der Waals surface area contributed by atoms with Crippen LogP contribution in [-0.2, 0) is 5.41 Å². The molecule has 2 aromatic rings. The van der Waals surface area contributed by atoms with Gasteiger partial charge in [-0.25, -0.2) is 0 Å². The van der Waals surface area contributed by atoms with E-state index in [0.29, 0.717) is 0 Å². The molecule has 2 heteroatoms. The SMILES string of the molecule is CC(C)(C)c1ccccc1-n1ccccc1=O. The van der Waals surface area contributed by atoms with Crippen LogP contribution in [0.4, 0.5) is 0 Å². The lowest BCUT2D eigenvalue weighted by atomic mass is 9.86. The van der Waals surface area contributed by atoms with E-state index in [4.69, 9.17) is 0 Å². The Morgan fingerprint density at radius 3 is 2.24 bits per heavy atom. The summed E-state index contributed by atoms with van der Waals surface area (Å²) in [5.41, 5.74) is 2.16. The molecule has 0 amide bonds. The van der Waals surface area contributed by atoms with Gasteiger partial charge in [-0.3, -0.25) is 9.36 Å². The summed E-state index contributed by atoms with van der Waals surface area (Å²) >= 11 is 0. The summed E-state index contributed by atoms with van der Waals surface area (Å²) < 4.78 is 1.70. The molecule has 2 rings (SSSR count). The van der Waals surface area contributed by atoms with E-state index in [1.807, 2.05) is 30.5 Å². The van der Waals surface area contributed by atoms with Gasteiger partial charge in [0, 0.05) is 12.3 Å². The molecule has 2 nitrogen and oxygen atoms in total. The summed E-state index contributed by atoms with van der Waals surface area (Å²) in [6, 6.07) is 13.3. The molecule has 0 radical (unpaired) electrons. The molecule has 88 valence electrons. The van der Waals surface area contributed by atoms with Crippen molar-refractivity contribution in [2.24, 2.45) is 0 Å². The van der Waals surface area contributed by atoms with Gasteiger partial charge >= 0.3 is 0 Å². The Morgan fingerprint density at radius 2 is 1.59 bits per heavy atom.